The van der Waals surface area contributed by atoms with Gasteiger partial charge in [-0.1, -0.05) is 149 Å². The number of nitriles is 2. The van der Waals surface area contributed by atoms with Gasteiger partial charge < -0.3 is 50.0 Å². The Labute approximate surface area is 462 Å². The summed E-state index contributed by atoms with van der Waals surface area (Å²) in [5, 5.41) is 48.7. The number of amides is 3. The van der Waals surface area contributed by atoms with Crippen LogP contribution < -0.4 is 16.0 Å². The highest BCUT2D eigenvalue weighted by molar-refractivity contribution is 6.61. The Morgan fingerprint density at radius 2 is 0.948 bits per heavy atom. The molecular formula is C60H83ClN6O10. The zero-order valence-corrected chi connectivity index (χ0v) is 47.5. The minimum Gasteiger partial charge on any atom is -0.449 e. The van der Waals surface area contributed by atoms with Crippen LogP contribution in [0, 0.1) is 33.5 Å². The lowest BCUT2D eigenvalue weighted by molar-refractivity contribution is 0.0278. The smallest absolute Gasteiger partial charge is 0.410 e. The van der Waals surface area contributed by atoms with E-state index in [0.717, 1.165) is 28.7 Å². The van der Waals surface area contributed by atoms with E-state index in [1.165, 1.54) is 4.90 Å². The first kappa shape index (κ1) is 66.4. The molecule has 16 nitrogen and oxygen atoms in total. The molecule has 0 saturated heterocycles. The molecule has 0 bridgehead atoms. The molecule has 4 aromatic carbocycles. The molecule has 0 aliphatic heterocycles. The van der Waals surface area contributed by atoms with E-state index < -0.39 is 64.6 Å². The fraction of sp³-hybridized carbons (Fsp3) is 0.500. The quantitative estimate of drug-likeness (QED) is 0.0325. The van der Waals surface area contributed by atoms with Gasteiger partial charge in [-0.3, -0.25) is 0 Å². The van der Waals surface area contributed by atoms with Crippen LogP contribution in [-0.4, -0.2) is 100 Å². The van der Waals surface area contributed by atoms with E-state index >= 15 is 0 Å². The zero-order valence-electron chi connectivity index (χ0n) is 46.7. The van der Waals surface area contributed by atoms with Crippen molar-refractivity contribution >= 4 is 35.3 Å². The number of alkyl carbamates (subject to hydrolysis) is 2. The molecule has 0 spiro atoms. The first-order valence-electron chi connectivity index (χ1n) is 25.9. The lowest BCUT2D eigenvalue weighted by Crippen LogP contribution is -2.52. The number of nitrogens with zero attached hydrogens (tertiary/aromatic N) is 3. The Kier molecular flexibility index (Phi) is 29.5. The van der Waals surface area contributed by atoms with Crippen LogP contribution in [0.25, 0.3) is 0 Å². The van der Waals surface area contributed by atoms with Crippen molar-refractivity contribution in [2.24, 2.45) is 10.8 Å². The fourth-order valence-electron chi connectivity index (χ4n) is 7.48. The molecule has 4 rings (SSSR count). The van der Waals surface area contributed by atoms with E-state index in [2.05, 4.69) is 46.7 Å². The number of carbonyl (C=O) groups excluding carboxylic acids is 4. The number of carbonyl (C=O) groups is 4. The summed E-state index contributed by atoms with van der Waals surface area (Å²) < 4.78 is 20.9. The molecule has 4 atom stereocenters. The van der Waals surface area contributed by atoms with Crippen molar-refractivity contribution < 1.29 is 48.3 Å². The average Bonchev–Trinajstić information content (AvgIpc) is 3.36. The Morgan fingerprint density at radius 3 is 1.34 bits per heavy atom. The van der Waals surface area contributed by atoms with E-state index in [4.69, 9.17) is 36.3 Å². The molecule has 3 amide bonds. The van der Waals surface area contributed by atoms with Crippen molar-refractivity contribution in [3.8, 4) is 12.1 Å². The highest BCUT2D eigenvalue weighted by atomic mass is 35.5. The third-order valence-electron chi connectivity index (χ3n) is 11.4. The fourth-order valence-corrected chi connectivity index (χ4v) is 7.53. The van der Waals surface area contributed by atoms with Gasteiger partial charge in [-0.2, -0.15) is 10.5 Å². The van der Waals surface area contributed by atoms with Crippen LogP contribution in [0.1, 0.15) is 117 Å². The number of rotatable bonds is 24. The molecule has 0 fully saturated rings. The van der Waals surface area contributed by atoms with Gasteiger partial charge in [-0.05, 0) is 100 Å². The number of hydrogen-bond acceptors (Lipinski definition) is 13. The van der Waals surface area contributed by atoms with E-state index in [0.29, 0.717) is 45.2 Å². The second-order valence-corrected chi connectivity index (χ2v) is 22.5. The number of aliphatic hydroxyl groups excluding tert-OH is 2. The van der Waals surface area contributed by atoms with Gasteiger partial charge >= 0.3 is 23.7 Å². The maximum Gasteiger partial charge on any atom is 0.410 e. The molecule has 0 aliphatic rings. The second-order valence-electron chi connectivity index (χ2n) is 22.2. The zero-order chi connectivity index (χ0) is 57.5. The maximum atomic E-state index is 13.2. The van der Waals surface area contributed by atoms with Crippen molar-refractivity contribution in [1.29, 1.82) is 10.5 Å². The summed E-state index contributed by atoms with van der Waals surface area (Å²) in [4.78, 5) is 49.7. The predicted octanol–water partition coefficient (Wildman–Crippen LogP) is 11.4. The van der Waals surface area contributed by atoms with Crippen LogP contribution in [-0.2, 0) is 45.0 Å². The van der Waals surface area contributed by atoms with Crippen LogP contribution in [0.2, 0.25) is 0 Å². The number of hydrogen-bond donors (Lipinski definition) is 5. The van der Waals surface area contributed by atoms with Crippen LogP contribution in [0.15, 0.2) is 121 Å². The first-order valence-corrected chi connectivity index (χ1v) is 26.3. The Bertz CT molecular complexity index is 2400. The normalized spacial score (nSPS) is 12.9. The summed E-state index contributed by atoms with van der Waals surface area (Å²) >= 11 is 4.97. The van der Waals surface area contributed by atoms with Crippen molar-refractivity contribution in [1.82, 2.24) is 20.9 Å². The Morgan fingerprint density at radius 1 is 0.571 bits per heavy atom. The molecule has 0 heterocycles. The molecule has 0 aromatic heterocycles. The van der Waals surface area contributed by atoms with E-state index in [9.17, 15) is 29.4 Å². The summed E-state index contributed by atoms with van der Waals surface area (Å²) in [7, 11) is 0. The molecular weight excluding hydrogens is 1000 g/mol. The van der Waals surface area contributed by atoms with Crippen molar-refractivity contribution in [3.63, 3.8) is 0 Å². The molecule has 0 aliphatic carbocycles. The maximum absolute atomic E-state index is 13.2. The van der Waals surface area contributed by atoms with E-state index in [-0.39, 0.29) is 31.7 Å². The largest absolute Gasteiger partial charge is 0.449 e. The van der Waals surface area contributed by atoms with Gasteiger partial charge in [0.05, 0.1) is 43.0 Å². The lowest BCUT2D eigenvalue weighted by Gasteiger charge is -2.35. The number of ether oxygens (including phenoxy) is 4. The van der Waals surface area contributed by atoms with Gasteiger partial charge in [0.1, 0.15) is 24.4 Å². The van der Waals surface area contributed by atoms with Crippen molar-refractivity contribution in [2.45, 2.75) is 156 Å². The molecule has 5 N–H and O–H groups in total. The van der Waals surface area contributed by atoms with Gasteiger partial charge in [0.15, 0.2) is 0 Å². The molecule has 77 heavy (non-hydrogen) atoms. The summed E-state index contributed by atoms with van der Waals surface area (Å²) in [6.45, 7) is 20.4. The molecule has 0 unspecified atom stereocenters. The Balaban J connectivity index is 0.000000452. The number of nitrogens with one attached hydrogen (secondary N) is 3. The van der Waals surface area contributed by atoms with Crippen LogP contribution >= 0.6 is 11.6 Å². The van der Waals surface area contributed by atoms with Gasteiger partial charge in [-0.15, -0.1) is 0 Å². The minimum atomic E-state index is -1.11. The number of benzene rings is 4. The lowest BCUT2D eigenvalue weighted by atomic mass is 9.87. The topological polar surface area (TPSA) is 233 Å². The van der Waals surface area contributed by atoms with Crippen LogP contribution in [0.4, 0.5) is 19.2 Å². The van der Waals surface area contributed by atoms with E-state index in [1.807, 2.05) is 135 Å². The molecule has 0 saturated carbocycles. The highest BCUT2D eigenvalue weighted by Crippen LogP contribution is 2.25. The highest BCUT2D eigenvalue weighted by Gasteiger charge is 2.32. The summed E-state index contributed by atoms with van der Waals surface area (Å²) in [5.74, 6) is 0. The summed E-state index contributed by atoms with van der Waals surface area (Å²) in [6, 6.07) is 41.0. The molecule has 4 aromatic rings. The van der Waals surface area contributed by atoms with E-state index in [1.54, 1.807) is 41.5 Å². The van der Waals surface area contributed by atoms with Gasteiger partial charge in [0.2, 0.25) is 0 Å². The van der Waals surface area contributed by atoms with Crippen LogP contribution in [0.3, 0.4) is 0 Å². The van der Waals surface area contributed by atoms with Gasteiger partial charge in [0.25, 0.3) is 0 Å². The number of halogens is 1. The standard InChI is InChI=1S/C30H41N3O5.C22H35N3O3.C8H7ClO2/c1-29(2,3)38-27(35)32-25(19-23-13-8-6-9-14-23)26(34)20-33(22-30(4,5)17-12-18-31)28(36)37-21-24-15-10-7-11-16-24;1-21(2,3)28-20(27)25-18(14-17-10-7-6-8-11-17)19(26)15-24-16-22(4,5)12-9-13-23;9-8(10)11-6-7-4-2-1-3-5-7/h6-11,13-16,25-26,34H,12,17,19-22H2,1-5H3,(H,32,35);6-8,10-11,18-19,24,26H,9,12,14-16H2,1-5H3,(H,25,27);1-5H,6H2/t25-,26+;18-,19+;/m00./s1. The SMILES string of the molecule is CC(C)(CCC#N)CN(C[C@@H](O)[C@H](Cc1ccccc1)NC(=O)OC(C)(C)C)C(=O)OCc1ccccc1.CC(C)(CCC#N)CNC[C@@H](O)[C@H](Cc1ccccc1)NC(=O)OC(C)(C)C.O=C(Cl)OCc1ccccc1. The van der Waals surface area contributed by atoms with Gasteiger partial charge in [0, 0.05) is 44.1 Å². The molecule has 420 valence electrons. The monoisotopic (exact) mass is 1080 g/mol. The predicted molar refractivity (Wildman–Crippen MR) is 299 cm³/mol. The first-order chi connectivity index (χ1) is 36.2. The summed E-state index contributed by atoms with van der Waals surface area (Å²) in [6.07, 6.45) is -0.596. The van der Waals surface area contributed by atoms with Crippen molar-refractivity contribution in [2.75, 3.05) is 26.2 Å². The van der Waals surface area contributed by atoms with Crippen LogP contribution in [0.5, 0.6) is 0 Å². The van der Waals surface area contributed by atoms with Crippen molar-refractivity contribution in [3.05, 3.63) is 144 Å². The molecule has 17 heteroatoms. The third-order valence-corrected chi connectivity index (χ3v) is 11.5. The second kappa shape index (κ2) is 34.2. The summed E-state index contributed by atoms with van der Waals surface area (Å²) in [5.41, 5.74) is 1.21. The third kappa shape index (κ3) is 31.8. The Hall–Kier alpha value is -6.69. The number of aliphatic hydroxyl groups is 2. The van der Waals surface area contributed by atoms with Gasteiger partial charge in [-0.25, -0.2) is 19.2 Å². The average molecular weight is 1080 g/mol. The molecule has 0 radical (unpaired) electrons. The minimum absolute atomic E-state index is 0.0387.